The fraction of sp³-hybridized carbons (Fsp3) is 0.158. The fourth-order valence-electron chi connectivity index (χ4n) is 2.48. The first-order valence-corrected chi connectivity index (χ1v) is 7.65. The van der Waals surface area contributed by atoms with Crippen LogP contribution in [0.2, 0.25) is 0 Å². The minimum atomic E-state index is -1.34. The third kappa shape index (κ3) is 3.46. The zero-order chi connectivity index (χ0) is 18.7. The molecular formula is C19H15O7-. The maximum atomic E-state index is 12.5. The van der Waals surface area contributed by atoms with Gasteiger partial charge in [-0.05, 0) is 30.3 Å². The van der Waals surface area contributed by atoms with Crippen LogP contribution < -0.4 is 24.1 Å². The highest BCUT2D eigenvalue weighted by Crippen LogP contribution is 2.36. The van der Waals surface area contributed by atoms with Crippen molar-refractivity contribution >= 4 is 17.8 Å². The Balaban J connectivity index is 1.87. The lowest BCUT2D eigenvalue weighted by Crippen LogP contribution is -2.28. The van der Waals surface area contributed by atoms with Gasteiger partial charge in [-0.3, -0.25) is 4.79 Å². The molecule has 2 aromatic carbocycles. The molecule has 0 saturated heterocycles. The zero-order valence-electron chi connectivity index (χ0n) is 14.1. The van der Waals surface area contributed by atoms with Gasteiger partial charge in [0.1, 0.15) is 29.6 Å². The van der Waals surface area contributed by atoms with Gasteiger partial charge < -0.3 is 28.8 Å². The van der Waals surface area contributed by atoms with Gasteiger partial charge in [0.05, 0.1) is 25.8 Å². The van der Waals surface area contributed by atoms with E-state index in [0.29, 0.717) is 28.4 Å². The Labute approximate surface area is 149 Å². The normalized spacial score (nSPS) is 13.9. The van der Waals surface area contributed by atoms with Crippen molar-refractivity contribution in [3.63, 3.8) is 0 Å². The van der Waals surface area contributed by atoms with Crippen molar-refractivity contribution in [1.82, 2.24) is 0 Å². The molecular weight excluding hydrogens is 340 g/mol. The number of ether oxygens (including phenoxy) is 4. The Morgan fingerprint density at radius 3 is 2.58 bits per heavy atom. The van der Waals surface area contributed by atoms with Crippen LogP contribution in [-0.4, -0.2) is 32.6 Å². The van der Waals surface area contributed by atoms with Gasteiger partial charge in [-0.25, -0.2) is 0 Å². The molecule has 0 atom stereocenters. The van der Waals surface area contributed by atoms with Gasteiger partial charge in [0.25, 0.3) is 0 Å². The smallest absolute Gasteiger partial charge is 0.231 e. The fourth-order valence-corrected chi connectivity index (χ4v) is 2.48. The Hall–Kier alpha value is -3.48. The summed E-state index contributed by atoms with van der Waals surface area (Å²) >= 11 is 0. The monoisotopic (exact) mass is 355 g/mol. The van der Waals surface area contributed by atoms with Crippen LogP contribution in [-0.2, 0) is 4.79 Å². The first-order valence-electron chi connectivity index (χ1n) is 7.65. The molecule has 3 rings (SSSR count). The Bertz CT molecular complexity index is 899. The molecule has 0 N–H and O–H groups in total. The number of carboxylic acid groups (broad SMARTS) is 1. The standard InChI is InChI=1S/C19H16O7/c1-23-12-4-3-11(15(8-12)24-2)7-17-19(22)14-6-5-13(9-16(14)26-17)25-10-18(20)21/h3-9H,10H2,1-2H3,(H,20,21)/p-1/b17-7-. The van der Waals surface area contributed by atoms with E-state index in [4.69, 9.17) is 18.9 Å². The largest absolute Gasteiger partial charge is 0.546 e. The quantitative estimate of drug-likeness (QED) is 0.724. The van der Waals surface area contributed by atoms with Crippen molar-refractivity contribution in [1.29, 1.82) is 0 Å². The number of rotatable bonds is 6. The second kappa shape index (κ2) is 7.18. The van der Waals surface area contributed by atoms with Gasteiger partial charge in [-0.2, -0.15) is 0 Å². The van der Waals surface area contributed by atoms with E-state index in [9.17, 15) is 14.7 Å². The second-order valence-corrected chi connectivity index (χ2v) is 5.37. The number of carbonyl (C=O) groups excluding carboxylic acids is 2. The number of benzene rings is 2. The number of hydrogen-bond donors (Lipinski definition) is 0. The number of allylic oxidation sites excluding steroid dienone is 1. The van der Waals surface area contributed by atoms with Crippen molar-refractivity contribution in [3.8, 4) is 23.0 Å². The third-order valence-electron chi connectivity index (χ3n) is 3.73. The lowest BCUT2D eigenvalue weighted by molar-refractivity contribution is -0.307. The predicted molar refractivity (Wildman–Crippen MR) is 89.4 cm³/mol. The van der Waals surface area contributed by atoms with Crippen LogP contribution in [0.4, 0.5) is 0 Å². The molecule has 0 aromatic heterocycles. The minimum absolute atomic E-state index is 0.125. The van der Waals surface area contributed by atoms with Crippen LogP contribution in [0.3, 0.4) is 0 Å². The summed E-state index contributed by atoms with van der Waals surface area (Å²) in [6.45, 7) is -0.585. The van der Waals surface area contributed by atoms with Crippen LogP contribution in [0.15, 0.2) is 42.2 Å². The van der Waals surface area contributed by atoms with Crippen molar-refractivity contribution in [2.45, 2.75) is 0 Å². The Kier molecular flexibility index (Phi) is 4.79. The molecule has 26 heavy (non-hydrogen) atoms. The van der Waals surface area contributed by atoms with E-state index < -0.39 is 12.6 Å². The lowest BCUT2D eigenvalue weighted by Gasteiger charge is -2.08. The number of ketones is 1. The molecule has 2 aromatic rings. The van der Waals surface area contributed by atoms with Gasteiger partial charge >= 0.3 is 0 Å². The predicted octanol–water partition coefficient (Wildman–Crippen LogP) is 1.45. The van der Waals surface area contributed by atoms with E-state index >= 15 is 0 Å². The summed E-state index contributed by atoms with van der Waals surface area (Å²) in [5, 5.41) is 10.5. The van der Waals surface area contributed by atoms with Crippen LogP contribution in [0.25, 0.3) is 6.08 Å². The van der Waals surface area contributed by atoms with Crippen molar-refractivity contribution < 1.29 is 33.6 Å². The molecule has 0 bridgehead atoms. The highest BCUT2D eigenvalue weighted by atomic mass is 16.5. The number of carboxylic acids is 1. The van der Waals surface area contributed by atoms with Crippen molar-refractivity contribution in [3.05, 3.63) is 53.3 Å². The summed E-state index contributed by atoms with van der Waals surface area (Å²) in [6.07, 6.45) is 1.57. The van der Waals surface area contributed by atoms with Gasteiger partial charge in [0.2, 0.25) is 5.78 Å². The highest BCUT2D eigenvalue weighted by molar-refractivity contribution is 6.14. The summed E-state index contributed by atoms with van der Waals surface area (Å²) in [6, 6.07) is 9.67. The molecule has 1 heterocycles. The first kappa shape index (κ1) is 17.3. The van der Waals surface area contributed by atoms with Crippen molar-refractivity contribution in [2.24, 2.45) is 0 Å². The molecule has 134 valence electrons. The number of methoxy groups -OCH3 is 2. The van der Waals surface area contributed by atoms with E-state index in [0.717, 1.165) is 0 Å². The lowest BCUT2D eigenvalue weighted by atomic mass is 10.1. The maximum absolute atomic E-state index is 12.5. The average Bonchev–Trinajstić information content (AvgIpc) is 2.95. The second-order valence-electron chi connectivity index (χ2n) is 5.37. The Morgan fingerprint density at radius 2 is 1.88 bits per heavy atom. The Morgan fingerprint density at radius 1 is 1.12 bits per heavy atom. The number of Topliss-reactive ketones (excluding diaryl/α,β-unsaturated/α-hetero) is 1. The third-order valence-corrected chi connectivity index (χ3v) is 3.73. The van der Waals surface area contributed by atoms with Gasteiger partial charge in [-0.1, -0.05) is 0 Å². The van der Waals surface area contributed by atoms with Crippen molar-refractivity contribution in [2.75, 3.05) is 20.8 Å². The number of aliphatic carboxylic acids is 1. The molecule has 7 nitrogen and oxygen atoms in total. The van der Waals surface area contributed by atoms with Gasteiger partial charge in [-0.15, -0.1) is 0 Å². The summed E-state index contributed by atoms with van der Waals surface area (Å²) < 4.78 is 21.1. The number of carbonyl (C=O) groups is 2. The van der Waals surface area contributed by atoms with Crippen LogP contribution in [0.5, 0.6) is 23.0 Å². The molecule has 0 saturated carbocycles. The van der Waals surface area contributed by atoms with Gasteiger partial charge in [0.15, 0.2) is 5.76 Å². The summed E-state index contributed by atoms with van der Waals surface area (Å²) in [4.78, 5) is 23.0. The maximum Gasteiger partial charge on any atom is 0.231 e. The van der Waals surface area contributed by atoms with E-state index in [1.54, 1.807) is 31.4 Å². The topological polar surface area (TPSA) is 94.1 Å². The van der Waals surface area contributed by atoms with E-state index in [2.05, 4.69) is 0 Å². The van der Waals surface area contributed by atoms with Crippen LogP contribution >= 0.6 is 0 Å². The molecule has 1 aliphatic rings. The van der Waals surface area contributed by atoms with E-state index in [-0.39, 0.29) is 17.3 Å². The van der Waals surface area contributed by atoms with Gasteiger partial charge in [0, 0.05) is 17.7 Å². The first-order chi connectivity index (χ1) is 12.5. The summed E-state index contributed by atoms with van der Waals surface area (Å²) in [5.74, 6) is 0.218. The van der Waals surface area contributed by atoms with Crippen LogP contribution in [0, 0.1) is 0 Å². The summed E-state index contributed by atoms with van der Waals surface area (Å²) in [7, 11) is 3.07. The molecule has 0 unspecified atom stereocenters. The average molecular weight is 355 g/mol. The molecule has 7 heteroatoms. The number of fused-ring (bicyclic) bond motifs is 1. The molecule has 0 spiro atoms. The summed E-state index contributed by atoms with van der Waals surface area (Å²) in [5.41, 5.74) is 1.02. The van der Waals surface area contributed by atoms with E-state index in [1.807, 2.05) is 0 Å². The number of hydrogen-bond acceptors (Lipinski definition) is 7. The van der Waals surface area contributed by atoms with E-state index in [1.165, 1.54) is 25.3 Å². The molecule has 0 aliphatic carbocycles. The SMILES string of the molecule is COc1ccc(/C=C2\Oc3cc(OCC(=O)[O-])ccc3C2=O)c(OC)c1. The molecule has 1 aliphatic heterocycles. The molecule has 0 amide bonds. The van der Waals surface area contributed by atoms with Crippen LogP contribution in [0.1, 0.15) is 15.9 Å². The zero-order valence-corrected chi connectivity index (χ0v) is 14.1. The molecule has 0 radical (unpaired) electrons. The molecule has 0 fully saturated rings. The highest BCUT2D eigenvalue weighted by Gasteiger charge is 2.28. The minimum Gasteiger partial charge on any atom is -0.546 e.